The third-order valence-corrected chi connectivity index (χ3v) is 11.5. The Balaban J connectivity index is 1.82. The highest BCUT2D eigenvalue weighted by atomic mass is 32.2. The van der Waals surface area contributed by atoms with Crippen LogP contribution < -0.4 is 32.0 Å². The summed E-state index contributed by atoms with van der Waals surface area (Å²) in [5.74, 6) is -4.51. The second kappa shape index (κ2) is 14.8. The van der Waals surface area contributed by atoms with Crippen LogP contribution in [0.1, 0.15) is 58.0 Å². The number of hydrogen-bond donors (Lipinski definition) is 6. The molecule has 3 aromatic rings. The maximum absolute atomic E-state index is 14.3. The average Bonchev–Trinajstić information content (AvgIpc) is 3.34. The summed E-state index contributed by atoms with van der Waals surface area (Å²) in [6.07, 6.45) is -0.383. The number of carbonyl (C=O) groups is 4. The molecule has 52 heavy (non-hydrogen) atoms. The number of hydrogen-bond acceptors (Lipinski definition) is 13. The zero-order valence-electron chi connectivity index (χ0n) is 27.5. The number of nitrogens with one attached hydrogen (secondary N) is 1. The van der Waals surface area contributed by atoms with Crippen molar-refractivity contribution in [2.24, 2.45) is 5.73 Å². The lowest BCUT2D eigenvalue weighted by Gasteiger charge is -2.27. The lowest BCUT2D eigenvalue weighted by atomic mass is 9.87. The van der Waals surface area contributed by atoms with E-state index < -0.39 is 87.8 Å². The first kappa shape index (κ1) is 38.6. The van der Waals surface area contributed by atoms with Crippen LogP contribution in [0.25, 0.3) is 12.2 Å². The highest BCUT2D eigenvalue weighted by molar-refractivity contribution is 8.00. The first-order valence-corrected chi connectivity index (χ1v) is 19.6. The third-order valence-electron chi connectivity index (χ3n) is 8.35. The van der Waals surface area contributed by atoms with Gasteiger partial charge in [-0.2, -0.15) is 16.8 Å². The van der Waals surface area contributed by atoms with Gasteiger partial charge in [-0.25, -0.2) is 4.79 Å². The largest absolute Gasteiger partial charge is 0.478 e. The van der Waals surface area contributed by atoms with E-state index in [1.165, 1.54) is 36.0 Å². The first-order chi connectivity index (χ1) is 24.4. The van der Waals surface area contributed by atoms with E-state index in [9.17, 15) is 50.2 Å². The van der Waals surface area contributed by atoms with Crippen LogP contribution in [0.5, 0.6) is 11.5 Å². The smallest absolute Gasteiger partial charge is 0.336 e. The summed E-state index contributed by atoms with van der Waals surface area (Å²) in [6, 6.07) is 8.17. The molecule has 2 aliphatic rings. The second-order valence-corrected chi connectivity index (χ2v) is 15.8. The molecular weight excluding hydrogens is 741 g/mol. The fraction of sp³-hybridized carbons (Fsp3) is 0.273. The zero-order valence-corrected chi connectivity index (χ0v) is 29.9. The van der Waals surface area contributed by atoms with Gasteiger partial charge in [-0.05, 0) is 54.1 Å². The number of nitrogen functional groups attached to an aromatic ring is 1. The van der Waals surface area contributed by atoms with Crippen molar-refractivity contribution in [1.82, 2.24) is 10.2 Å². The van der Waals surface area contributed by atoms with Crippen molar-refractivity contribution in [1.29, 1.82) is 0 Å². The topological polar surface area (TPSA) is 274 Å². The highest BCUT2D eigenvalue weighted by Crippen LogP contribution is 2.44. The molecule has 1 saturated heterocycles. The van der Waals surface area contributed by atoms with Gasteiger partial charge in [0, 0.05) is 40.6 Å². The van der Waals surface area contributed by atoms with Crippen molar-refractivity contribution in [3.8, 4) is 11.5 Å². The van der Waals surface area contributed by atoms with Gasteiger partial charge in [0.2, 0.25) is 17.6 Å². The van der Waals surface area contributed by atoms with E-state index in [1.54, 1.807) is 0 Å². The number of amides is 2. The maximum Gasteiger partial charge on any atom is 0.336 e. The molecule has 0 saturated carbocycles. The number of ether oxygens (including phenoxy) is 1. The van der Waals surface area contributed by atoms with Gasteiger partial charge in [0.15, 0.2) is 22.6 Å². The molecule has 2 atom stereocenters. The summed E-state index contributed by atoms with van der Waals surface area (Å²) >= 11 is 1.18. The maximum atomic E-state index is 14.3. The minimum absolute atomic E-state index is 0.166. The van der Waals surface area contributed by atoms with Gasteiger partial charge in [-0.3, -0.25) is 33.7 Å². The molecule has 0 bridgehead atoms. The third kappa shape index (κ3) is 7.20. The van der Waals surface area contributed by atoms with Gasteiger partial charge in [-0.15, -0.1) is 11.8 Å². The van der Waals surface area contributed by atoms with E-state index in [-0.39, 0.29) is 52.2 Å². The van der Waals surface area contributed by atoms with Gasteiger partial charge in [0.1, 0.15) is 4.90 Å². The van der Waals surface area contributed by atoms with Crippen molar-refractivity contribution in [3.63, 3.8) is 0 Å². The Morgan fingerprint density at radius 1 is 1.04 bits per heavy atom. The standard InChI is InChI=1S/C33H34N4O12S3/c1-3-4-12-36-31(37-24(38)15-23(32(37)40)50-13-11-34)26(39)17-6-8-18(33(41)42)21(14-17)25-19-7-5-16(2)29(51(43,44)45)27(19)49-28-20(25)9-10-22(35)30(28)52(46,47)48/h5-10,14,23,31,36H,2-4,11-13,15,34-35H2,1H3,(H,41,42)(H,43,44,45)(H,46,47,48). The number of rotatable bonds is 14. The molecule has 0 spiro atoms. The van der Waals surface area contributed by atoms with Crippen molar-refractivity contribution in [3.05, 3.63) is 75.2 Å². The summed E-state index contributed by atoms with van der Waals surface area (Å²) < 4.78 is 76.5. The summed E-state index contributed by atoms with van der Waals surface area (Å²) in [5, 5.41) is 12.1. The van der Waals surface area contributed by atoms with E-state index in [2.05, 4.69) is 11.9 Å². The van der Waals surface area contributed by atoms with Crippen LogP contribution in [-0.2, 0) is 29.8 Å². The first-order valence-electron chi connectivity index (χ1n) is 15.7. The molecule has 2 heterocycles. The number of nitrogens with zero attached hydrogens (tertiary/aromatic N) is 1. The van der Waals surface area contributed by atoms with Crippen LogP contribution in [-0.4, -0.2) is 89.8 Å². The molecule has 2 unspecified atom stereocenters. The number of likely N-dealkylation sites (tertiary alicyclic amines) is 1. The Morgan fingerprint density at radius 3 is 2.35 bits per heavy atom. The van der Waals surface area contributed by atoms with Gasteiger partial charge >= 0.3 is 5.97 Å². The number of aromatic carboxylic acids is 1. The summed E-state index contributed by atoms with van der Waals surface area (Å²) in [6.45, 7) is 5.99. The Hall–Kier alpha value is -4.63. The van der Waals surface area contributed by atoms with Crippen LogP contribution in [0.15, 0.2) is 52.3 Å². The molecule has 5 rings (SSSR count). The van der Waals surface area contributed by atoms with E-state index >= 15 is 0 Å². The van der Waals surface area contributed by atoms with Crippen molar-refractivity contribution in [2.45, 2.75) is 47.4 Å². The lowest BCUT2D eigenvalue weighted by Crippen LogP contribution is -2.54. The van der Waals surface area contributed by atoms with E-state index in [1.807, 2.05) is 6.92 Å². The van der Waals surface area contributed by atoms with Crippen LogP contribution >= 0.6 is 11.8 Å². The van der Waals surface area contributed by atoms with Crippen LogP contribution in [0, 0.1) is 0 Å². The molecule has 16 nitrogen and oxygen atoms in total. The number of carboxylic acids is 1. The molecule has 276 valence electrons. The molecule has 19 heteroatoms. The predicted molar refractivity (Wildman–Crippen MR) is 190 cm³/mol. The van der Waals surface area contributed by atoms with Crippen LogP contribution in [0.3, 0.4) is 0 Å². The number of anilines is 1. The van der Waals surface area contributed by atoms with E-state index in [0.29, 0.717) is 18.6 Å². The summed E-state index contributed by atoms with van der Waals surface area (Å²) in [4.78, 5) is 52.7. The number of carbonyl (C=O) groups excluding carboxylic acids is 3. The molecular formula is C33H34N4O12S3. The Morgan fingerprint density at radius 2 is 1.73 bits per heavy atom. The van der Waals surface area contributed by atoms with Gasteiger partial charge in [0.25, 0.3) is 20.2 Å². The number of imide groups is 1. The van der Waals surface area contributed by atoms with E-state index in [4.69, 9.17) is 16.2 Å². The summed E-state index contributed by atoms with van der Waals surface area (Å²) in [7, 11) is -10.3. The normalized spacial score (nSPS) is 16.3. The molecule has 0 aromatic heterocycles. The molecule has 0 aliphatic carbocycles. The number of fused-ring (bicyclic) bond motifs is 2. The Bertz CT molecular complexity index is 2360. The number of thioether (sulfide) groups is 1. The number of unbranched alkanes of at least 4 members (excludes halogenated alkanes) is 1. The van der Waals surface area contributed by atoms with Crippen LogP contribution in [0.4, 0.5) is 5.69 Å². The highest BCUT2D eigenvalue weighted by Gasteiger charge is 2.45. The number of benzene rings is 3. The van der Waals surface area contributed by atoms with Gasteiger partial charge in [0.05, 0.1) is 16.5 Å². The van der Waals surface area contributed by atoms with Crippen molar-refractivity contribution in [2.75, 3.05) is 24.6 Å². The number of ketones is 1. The molecule has 3 aromatic carbocycles. The fourth-order valence-electron chi connectivity index (χ4n) is 6.06. The van der Waals surface area contributed by atoms with Crippen LogP contribution in [0.2, 0.25) is 0 Å². The zero-order chi connectivity index (χ0) is 38.3. The molecule has 8 N–H and O–H groups in total. The monoisotopic (exact) mass is 774 g/mol. The quantitative estimate of drug-likeness (QED) is 0.0342. The Labute approximate surface area is 302 Å². The number of carboxylic acid groups (broad SMARTS) is 1. The number of nitrogens with two attached hydrogens (primary N) is 2. The molecule has 2 aliphatic heterocycles. The minimum Gasteiger partial charge on any atom is -0.478 e. The predicted octanol–water partition coefficient (Wildman–Crippen LogP) is 0.942. The van der Waals surface area contributed by atoms with Crippen molar-refractivity contribution >= 4 is 73.4 Å². The minimum atomic E-state index is -5.19. The SMILES string of the molecule is C=c1ccc2c(c1S(=O)(=O)O)Oc1c(ccc(N)c1S(=O)(=O)O)C=2c1cc(C(=O)C(NCCCC)N2C(=O)CC(SCCN)C2=O)ccc1C(=O)O. The Kier molecular flexibility index (Phi) is 11.0. The van der Waals surface area contributed by atoms with Gasteiger partial charge in [-0.1, -0.05) is 32.1 Å². The summed E-state index contributed by atoms with van der Waals surface area (Å²) in [5.41, 5.74) is 9.68. The van der Waals surface area contributed by atoms with Gasteiger partial charge < -0.3 is 21.3 Å². The average molecular weight is 775 g/mol. The molecule has 1 fully saturated rings. The van der Waals surface area contributed by atoms with Crippen molar-refractivity contribution < 1.29 is 55.0 Å². The number of Topliss-reactive ketones (excluding diaryl/α,β-unsaturated/α-hetero) is 1. The molecule has 2 amide bonds. The fourth-order valence-corrected chi connectivity index (χ4v) is 8.54. The lowest BCUT2D eigenvalue weighted by molar-refractivity contribution is -0.140. The second-order valence-electron chi connectivity index (χ2n) is 11.8. The van der Waals surface area contributed by atoms with E-state index in [0.717, 1.165) is 23.1 Å². The molecule has 0 radical (unpaired) electrons.